The Balaban J connectivity index is 1.93. The normalized spacial score (nSPS) is 20.7. The minimum absolute atomic E-state index is 0.0465. The van der Waals surface area contributed by atoms with Crippen LogP contribution in [0.25, 0.3) is 0 Å². The predicted octanol–water partition coefficient (Wildman–Crippen LogP) is 1.86. The first kappa shape index (κ1) is 17.0. The molecule has 1 saturated heterocycles. The average molecular weight is 324 g/mol. The van der Waals surface area contributed by atoms with Crippen LogP contribution in [-0.2, 0) is 15.2 Å². The predicted molar refractivity (Wildman–Crippen MR) is 86.5 cm³/mol. The van der Waals surface area contributed by atoms with Gasteiger partial charge in [-0.1, -0.05) is 13.0 Å². The summed E-state index contributed by atoms with van der Waals surface area (Å²) in [5, 5.41) is 15.1. The molecule has 0 spiro atoms. The first-order chi connectivity index (χ1) is 10.5. The number of amides is 2. The number of nitrogens with zero attached hydrogens (tertiary/aromatic N) is 1. The van der Waals surface area contributed by atoms with Crippen LogP contribution in [0.15, 0.2) is 17.5 Å². The maximum absolute atomic E-state index is 12.4. The van der Waals surface area contributed by atoms with Crippen molar-refractivity contribution in [2.75, 3.05) is 13.1 Å². The molecule has 1 fully saturated rings. The monoisotopic (exact) mass is 324 g/mol. The molecule has 2 atom stereocenters. The Morgan fingerprint density at radius 2 is 2.32 bits per heavy atom. The molecule has 0 radical (unpaired) electrons. The average Bonchev–Trinajstić information content (AvgIpc) is 3.15. The van der Waals surface area contributed by atoms with E-state index in [1.54, 1.807) is 11.8 Å². The van der Waals surface area contributed by atoms with Crippen molar-refractivity contribution in [3.63, 3.8) is 0 Å². The van der Waals surface area contributed by atoms with Crippen LogP contribution < -0.4 is 5.32 Å². The highest BCUT2D eigenvalue weighted by atomic mass is 32.1. The zero-order valence-electron chi connectivity index (χ0n) is 13.2. The van der Waals surface area contributed by atoms with E-state index in [4.69, 9.17) is 0 Å². The number of rotatable bonds is 6. The molecule has 0 aliphatic carbocycles. The summed E-state index contributed by atoms with van der Waals surface area (Å²) in [5.74, 6) is -0.121. The number of carbonyl (C=O) groups excluding carboxylic acids is 2. The topological polar surface area (TPSA) is 69.6 Å². The molecule has 1 aromatic heterocycles. The van der Waals surface area contributed by atoms with Gasteiger partial charge in [0.15, 0.2) is 0 Å². The Bertz CT molecular complexity index is 513. The third kappa shape index (κ3) is 3.87. The van der Waals surface area contributed by atoms with E-state index >= 15 is 0 Å². The molecule has 0 saturated carbocycles. The van der Waals surface area contributed by atoms with E-state index in [-0.39, 0.29) is 18.4 Å². The minimum atomic E-state index is -1.08. The van der Waals surface area contributed by atoms with E-state index in [2.05, 4.69) is 5.32 Å². The van der Waals surface area contributed by atoms with Crippen LogP contribution in [0.3, 0.4) is 0 Å². The van der Waals surface area contributed by atoms with Crippen molar-refractivity contribution in [3.8, 4) is 0 Å². The maximum Gasteiger partial charge on any atom is 0.242 e. The summed E-state index contributed by atoms with van der Waals surface area (Å²) in [6.45, 7) is 4.45. The molecular weight excluding hydrogens is 300 g/mol. The quantitative estimate of drug-likeness (QED) is 0.839. The Kier molecular flexibility index (Phi) is 5.58. The summed E-state index contributed by atoms with van der Waals surface area (Å²) < 4.78 is 0. The van der Waals surface area contributed by atoms with Gasteiger partial charge in [-0.05, 0) is 37.6 Å². The lowest BCUT2D eigenvalue weighted by molar-refractivity contribution is -0.138. The maximum atomic E-state index is 12.4. The molecule has 1 aromatic rings. The molecule has 6 heteroatoms. The van der Waals surface area contributed by atoms with Crippen molar-refractivity contribution in [2.24, 2.45) is 0 Å². The number of thiophene rings is 1. The van der Waals surface area contributed by atoms with Gasteiger partial charge in [-0.3, -0.25) is 9.59 Å². The summed E-state index contributed by atoms with van der Waals surface area (Å²) in [5.41, 5.74) is -1.08. The van der Waals surface area contributed by atoms with Gasteiger partial charge in [0.2, 0.25) is 11.8 Å². The molecule has 2 rings (SSSR count). The highest BCUT2D eigenvalue weighted by Crippen LogP contribution is 2.25. The van der Waals surface area contributed by atoms with Gasteiger partial charge in [-0.15, -0.1) is 11.3 Å². The standard InChI is InChI=1S/C16H24N2O3S/c1-3-6-14(19)18-9-4-7-12(18)15(20)17-11-16(2,21)13-8-5-10-22-13/h5,8,10,12,21H,3-4,6-7,9,11H2,1-2H3,(H,17,20)/t12-,16+/m0/s1. The Morgan fingerprint density at radius 1 is 1.55 bits per heavy atom. The van der Waals surface area contributed by atoms with E-state index in [0.717, 1.165) is 17.7 Å². The number of hydrogen-bond donors (Lipinski definition) is 2. The van der Waals surface area contributed by atoms with Crippen molar-refractivity contribution in [3.05, 3.63) is 22.4 Å². The van der Waals surface area contributed by atoms with Crippen molar-refractivity contribution >= 4 is 23.2 Å². The van der Waals surface area contributed by atoms with Gasteiger partial charge in [0.1, 0.15) is 11.6 Å². The fourth-order valence-electron chi connectivity index (χ4n) is 2.74. The first-order valence-corrected chi connectivity index (χ1v) is 8.67. The van der Waals surface area contributed by atoms with E-state index in [9.17, 15) is 14.7 Å². The van der Waals surface area contributed by atoms with Crippen LogP contribution in [0.1, 0.15) is 44.4 Å². The minimum Gasteiger partial charge on any atom is -0.383 e. The molecule has 122 valence electrons. The van der Waals surface area contributed by atoms with Crippen LogP contribution >= 0.6 is 11.3 Å². The second kappa shape index (κ2) is 7.24. The zero-order chi connectivity index (χ0) is 16.2. The van der Waals surface area contributed by atoms with Crippen LogP contribution in [0.4, 0.5) is 0 Å². The van der Waals surface area contributed by atoms with E-state index in [1.165, 1.54) is 11.3 Å². The molecule has 2 amide bonds. The third-order valence-electron chi connectivity index (χ3n) is 4.00. The molecule has 5 nitrogen and oxygen atoms in total. The second-order valence-electron chi connectivity index (χ2n) is 5.96. The third-order valence-corrected chi connectivity index (χ3v) is 5.12. The fraction of sp³-hybridized carbons (Fsp3) is 0.625. The number of carbonyl (C=O) groups is 2. The van der Waals surface area contributed by atoms with Crippen molar-refractivity contribution in [1.82, 2.24) is 10.2 Å². The molecule has 22 heavy (non-hydrogen) atoms. The van der Waals surface area contributed by atoms with Crippen LogP contribution in [0.2, 0.25) is 0 Å². The molecule has 0 bridgehead atoms. The van der Waals surface area contributed by atoms with Gasteiger partial charge in [-0.2, -0.15) is 0 Å². The fourth-order valence-corrected chi connectivity index (χ4v) is 3.53. The van der Waals surface area contributed by atoms with Crippen LogP contribution in [0, 0.1) is 0 Å². The zero-order valence-corrected chi connectivity index (χ0v) is 14.0. The first-order valence-electron chi connectivity index (χ1n) is 7.79. The van der Waals surface area contributed by atoms with Gasteiger partial charge < -0.3 is 15.3 Å². The summed E-state index contributed by atoms with van der Waals surface area (Å²) >= 11 is 1.46. The Morgan fingerprint density at radius 3 is 2.95 bits per heavy atom. The highest BCUT2D eigenvalue weighted by Gasteiger charge is 2.34. The number of likely N-dealkylation sites (tertiary alicyclic amines) is 1. The molecule has 0 unspecified atom stereocenters. The smallest absolute Gasteiger partial charge is 0.242 e. The highest BCUT2D eigenvalue weighted by molar-refractivity contribution is 7.10. The van der Waals surface area contributed by atoms with Crippen molar-refractivity contribution < 1.29 is 14.7 Å². The molecule has 1 aliphatic heterocycles. The summed E-state index contributed by atoms with van der Waals surface area (Å²) in [6, 6.07) is 3.33. The van der Waals surface area contributed by atoms with E-state index in [0.29, 0.717) is 19.4 Å². The van der Waals surface area contributed by atoms with E-state index in [1.807, 2.05) is 24.4 Å². The lowest BCUT2D eigenvalue weighted by atomic mass is 10.0. The van der Waals surface area contributed by atoms with Gasteiger partial charge in [-0.25, -0.2) is 0 Å². The molecule has 0 aromatic carbocycles. The number of nitrogens with one attached hydrogen (secondary N) is 1. The van der Waals surface area contributed by atoms with Gasteiger partial charge in [0.25, 0.3) is 0 Å². The van der Waals surface area contributed by atoms with Gasteiger partial charge >= 0.3 is 0 Å². The summed E-state index contributed by atoms with van der Waals surface area (Å²) in [4.78, 5) is 26.9. The summed E-state index contributed by atoms with van der Waals surface area (Å²) in [6.07, 6.45) is 2.82. The van der Waals surface area contributed by atoms with Gasteiger partial charge in [0, 0.05) is 17.8 Å². The van der Waals surface area contributed by atoms with Gasteiger partial charge in [0.05, 0.1) is 6.54 Å². The molecule has 2 N–H and O–H groups in total. The number of hydrogen-bond acceptors (Lipinski definition) is 4. The van der Waals surface area contributed by atoms with Crippen LogP contribution in [0.5, 0.6) is 0 Å². The van der Waals surface area contributed by atoms with Crippen LogP contribution in [-0.4, -0.2) is 41.0 Å². The van der Waals surface area contributed by atoms with Crippen molar-refractivity contribution in [2.45, 2.75) is 51.2 Å². The summed E-state index contributed by atoms with van der Waals surface area (Å²) in [7, 11) is 0. The molecular formula is C16H24N2O3S. The number of aliphatic hydroxyl groups is 1. The SMILES string of the molecule is CCCC(=O)N1CCC[C@H]1C(=O)NC[C@@](C)(O)c1cccs1. The Hall–Kier alpha value is -1.40. The largest absolute Gasteiger partial charge is 0.383 e. The van der Waals surface area contributed by atoms with E-state index < -0.39 is 11.6 Å². The molecule has 2 heterocycles. The second-order valence-corrected chi connectivity index (χ2v) is 6.91. The van der Waals surface area contributed by atoms with Crippen molar-refractivity contribution in [1.29, 1.82) is 0 Å². The molecule has 1 aliphatic rings. The lowest BCUT2D eigenvalue weighted by Gasteiger charge is -2.27. The lowest BCUT2D eigenvalue weighted by Crippen LogP contribution is -2.48. The Labute approximate surface area is 135 Å².